The van der Waals surface area contributed by atoms with E-state index in [0.717, 1.165) is 44.3 Å². The van der Waals surface area contributed by atoms with Gasteiger partial charge >= 0.3 is 0 Å². The molecule has 3 rings (SSSR count). The number of nitrogens with zero attached hydrogens (tertiary/aromatic N) is 2. The molecule has 2 saturated carbocycles. The van der Waals surface area contributed by atoms with Gasteiger partial charge in [-0.2, -0.15) is 0 Å². The Morgan fingerprint density at radius 1 is 1.33 bits per heavy atom. The normalized spacial score (nSPS) is 23.7. The van der Waals surface area contributed by atoms with Gasteiger partial charge in [-0.05, 0) is 45.4 Å². The van der Waals surface area contributed by atoms with E-state index in [1.807, 2.05) is 6.92 Å². The molecule has 1 aromatic rings. The molecule has 2 amide bonds. The van der Waals surface area contributed by atoms with Crippen molar-refractivity contribution >= 4 is 11.8 Å². The summed E-state index contributed by atoms with van der Waals surface area (Å²) in [6.07, 6.45) is 5.66. The second-order valence-corrected chi connectivity index (χ2v) is 7.87. The van der Waals surface area contributed by atoms with E-state index in [1.54, 1.807) is 11.0 Å². The number of carbonyl (C=O) groups excluding carboxylic acids is 2. The highest BCUT2D eigenvalue weighted by Gasteiger charge is 2.33. The van der Waals surface area contributed by atoms with Crippen LogP contribution in [0.2, 0.25) is 0 Å². The van der Waals surface area contributed by atoms with Crippen LogP contribution < -0.4 is 11.1 Å². The summed E-state index contributed by atoms with van der Waals surface area (Å²) in [4.78, 5) is 26.5. The van der Waals surface area contributed by atoms with Crippen molar-refractivity contribution in [3.05, 3.63) is 17.5 Å². The highest BCUT2D eigenvalue weighted by Crippen LogP contribution is 2.40. The number of aliphatic hydroxyl groups is 1. The molecule has 27 heavy (non-hydrogen) atoms. The van der Waals surface area contributed by atoms with Crippen molar-refractivity contribution in [3.63, 3.8) is 0 Å². The Bertz CT molecular complexity index is 648. The van der Waals surface area contributed by atoms with Gasteiger partial charge in [0.1, 0.15) is 5.76 Å². The Labute approximate surface area is 159 Å². The Balaban J connectivity index is 1.55. The zero-order chi connectivity index (χ0) is 19.4. The molecule has 1 atom stereocenters. The van der Waals surface area contributed by atoms with Crippen molar-refractivity contribution in [2.45, 2.75) is 75.9 Å². The van der Waals surface area contributed by atoms with Crippen molar-refractivity contribution in [2.24, 2.45) is 5.73 Å². The summed E-state index contributed by atoms with van der Waals surface area (Å²) in [6.45, 7) is 1.99. The van der Waals surface area contributed by atoms with Crippen LogP contribution in [0.15, 0.2) is 10.6 Å². The van der Waals surface area contributed by atoms with Gasteiger partial charge in [0.15, 0.2) is 5.69 Å². The van der Waals surface area contributed by atoms with Gasteiger partial charge in [0.2, 0.25) is 5.91 Å². The van der Waals surface area contributed by atoms with Crippen LogP contribution in [-0.2, 0) is 4.79 Å². The SMILES string of the molecule is C[C@H](N)CC(=O)NC1CCC(N(CCO)C(=O)c2cc(C3CC3)on2)CC1. The summed E-state index contributed by atoms with van der Waals surface area (Å²) in [5.41, 5.74) is 5.98. The lowest BCUT2D eigenvalue weighted by Crippen LogP contribution is -2.47. The van der Waals surface area contributed by atoms with E-state index < -0.39 is 0 Å². The first-order valence-electron chi connectivity index (χ1n) is 9.91. The molecule has 1 heterocycles. The van der Waals surface area contributed by atoms with Gasteiger partial charge < -0.3 is 25.6 Å². The summed E-state index contributed by atoms with van der Waals surface area (Å²) in [5.74, 6) is 0.972. The van der Waals surface area contributed by atoms with Crippen LogP contribution in [0.5, 0.6) is 0 Å². The molecule has 2 aliphatic rings. The van der Waals surface area contributed by atoms with Crippen LogP contribution >= 0.6 is 0 Å². The number of nitrogens with one attached hydrogen (secondary N) is 1. The molecule has 0 aromatic carbocycles. The third kappa shape index (κ3) is 5.29. The number of carbonyl (C=O) groups is 2. The number of nitrogens with two attached hydrogens (primary N) is 1. The topological polar surface area (TPSA) is 122 Å². The zero-order valence-corrected chi connectivity index (χ0v) is 15.9. The van der Waals surface area contributed by atoms with Gasteiger partial charge in [0, 0.05) is 43.1 Å². The van der Waals surface area contributed by atoms with Crippen molar-refractivity contribution in [3.8, 4) is 0 Å². The molecule has 0 spiro atoms. The fraction of sp³-hybridized carbons (Fsp3) is 0.737. The average molecular weight is 378 g/mol. The maximum absolute atomic E-state index is 12.9. The number of rotatable bonds is 8. The van der Waals surface area contributed by atoms with E-state index in [0.29, 0.717) is 18.0 Å². The van der Waals surface area contributed by atoms with Crippen LogP contribution in [0, 0.1) is 0 Å². The van der Waals surface area contributed by atoms with Crippen LogP contribution in [0.4, 0.5) is 0 Å². The molecule has 8 heteroatoms. The Morgan fingerprint density at radius 3 is 2.63 bits per heavy atom. The molecule has 0 bridgehead atoms. The molecule has 150 valence electrons. The number of aromatic nitrogens is 1. The summed E-state index contributed by atoms with van der Waals surface area (Å²) < 4.78 is 5.30. The molecule has 2 fully saturated rings. The van der Waals surface area contributed by atoms with E-state index in [1.165, 1.54) is 0 Å². The van der Waals surface area contributed by atoms with Crippen molar-refractivity contribution in [2.75, 3.05) is 13.2 Å². The van der Waals surface area contributed by atoms with Gasteiger partial charge in [-0.3, -0.25) is 9.59 Å². The van der Waals surface area contributed by atoms with E-state index >= 15 is 0 Å². The lowest BCUT2D eigenvalue weighted by molar-refractivity contribution is -0.122. The minimum Gasteiger partial charge on any atom is -0.395 e. The predicted octanol–water partition coefficient (Wildman–Crippen LogP) is 1.15. The highest BCUT2D eigenvalue weighted by atomic mass is 16.5. The van der Waals surface area contributed by atoms with Gasteiger partial charge in [-0.1, -0.05) is 5.16 Å². The Hall–Kier alpha value is -1.93. The van der Waals surface area contributed by atoms with Gasteiger partial charge in [0.25, 0.3) is 5.91 Å². The standard InChI is InChI=1S/C19H30N4O4/c1-12(20)10-18(25)21-14-4-6-15(7-5-14)23(8-9-24)19(26)16-11-17(27-22-16)13-2-3-13/h11-15,24H,2-10,20H2,1H3,(H,21,25)/t12-,14?,15?/m0/s1. The van der Waals surface area contributed by atoms with Gasteiger partial charge in [0.05, 0.1) is 6.61 Å². The second kappa shape index (κ2) is 8.84. The molecule has 1 aromatic heterocycles. The Kier molecular flexibility index (Phi) is 6.49. The lowest BCUT2D eigenvalue weighted by Gasteiger charge is -2.36. The fourth-order valence-electron chi connectivity index (χ4n) is 3.77. The van der Waals surface area contributed by atoms with E-state index in [9.17, 15) is 14.7 Å². The maximum Gasteiger partial charge on any atom is 0.276 e. The third-order valence-corrected chi connectivity index (χ3v) is 5.34. The van der Waals surface area contributed by atoms with Crippen LogP contribution in [0.1, 0.15) is 74.0 Å². The lowest BCUT2D eigenvalue weighted by atomic mass is 9.89. The smallest absolute Gasteiger partial charge is 0.276 e. The molecule has 2 aliphatic carbocycles. The fourth-order valence-corrected chi connectivity index (χ4v) is 3.77. The first-order chi connectivity index (χ1) is 13.0. The van der Waals surface area contributed by atoms with Crippen molar-refractivity contribution < 1.29 is 19.2 Å². The van der Waals surface area contributed by atoms with Crippen molar-refractivity contribution in [1.82, 2.24) is 15.4 Å². The Morgan fingerprint density at radius 2 is 2.04 bits per heavy atom. The van der Waals surface area contributed by atoms with E-state index in [2.05, 4.69) is 10.5 Å². The maximum atomic E-state index is 12.9. The molecular formula is C19H30N4O4. The quantitative estimate of drug-likeness (QED) is 0.624. The molecule has 0 unspecified atom stereocenters. The summed E-state index contributed by atoms with van der Waals surface area (Å²) in [6, 6.07) is 1.74. The highest BCUT2D eigenvalue weighted by molar-refractivity contribution is 5.92. The molecule has 0 aliphatic heterocycles. The van der Waals surface area contributed by atoms with E-state index in [4.69, 9.17) is 10.3 Å². The average Bonchev–Trinajstić information content (AvgIpc) is 3.36. The molecule has 0 radical (unpaired) electrons. The monoisotopic (exact) mass is 378 g/mol. The largest absolute Gasteiger partial charge is 0.395 e. The summed E-state index contributed by atoms with van der Waals surface area (Å²) in [5, 5.41) is 16.4. The third-order valence-electron chi connectivity index (χ3n) is 5.34. The second-order valence-electron chi connectivity index (χ2n) is 7.87. The first-order valence-corrected chi connectivity index (χ1v) is 9.91. The number of aliphatic hydroxyl groups excluding tert-OH is 1. The minimum atomic E-state index is -0.191. The van der Waals surface area contributed by atoms with Crippen LogP contribution in [0.25, 0.3) is 0 Å². The van der Waals surface area contributed by atoms with Crippen LogP contribution in [-0.4, -0.2) is 58.3 Å². The molecule has 8 nitrogen and oxygen atoms in total. The number of hydrogen-bond donors (Lipinski definition) is 3. The van der Waals surface area contributed by atoms with Crippen molar-refractivity contribution in [1.29, 1.82) is 0 Å². The number of hydrogen-bond acceptors (Lipinski definition) is 6. The van der Waals surface area contributed by atoms with Gasteiger partial charge in [-0.25, -0.2) is 0 Å². The first kappa shape index (κ1) is 19.8. The van der Waals surface area contributed by atoms with Gasteiger partial charge in [-0.15, -0.1) is 0 Å². The van der Waals surface area contributed by atoms with Crippen LogP contribution in [0.3, 0.4) is 0 Å². The summed E-state index contributed by atoms with van der Waals surface area (Å²) in [7, 11) is 0. The molecule has 0 saturated heterocycles. The predicted molar refractivity (Wildman–Crippen MR) is 99.1 cm³/mol. The summed E-state index contributed by atoms with van der Waals surface area (Å²) >= 11 is 0. The van der Waals surface area contributed by atoms with E-state index in [-0.39, 0.29) is 43.1 Å². The molecular weight excluding hydrogens is 348 g/mol. The molecule has 4 N–H and O–H groups in total. The minimum absolute atomic E-state index is 0.0213. The zero-order valence-electron chi connectivity index (χ0n) is 15.9. The number of amides is 2.